The van der Waals surface area contributed by atoms with Gasteiger partial charge in [-0.15, -0.1) is 0 Å². The van der Waals surface area contributed by atoms with E-state index in [0.717, 1.165) is 48.2 Å². The number of pyridine rings is 1. The van der Waals surface area contributed by atoms with Gasteiger partial charge in [0.1, 0.15) is 12.1 Å². The van der Waals surface area contributed by atoms with Crippen LogP contribution in [0.15, 0.2) is 35.3 Å². The number of aryl methyl sites for hydroxylation is 1. The monoisotopic (exact) mass is 337 g/mol. The maximum atomic E-state index is 11.7. The molecule has 0 spiro atoms. The van der Waals surface area contributed by atoms with Crippen LogP contribution in [0.1, 0.15) is 28.8 Å². The molecule has 0 radical (unpaired) electrons. The number of carbonyl (C=O) groups is 1. The number of rotatable bonds is 4. The zero-order chi connectivity index (χ0) is 17.4. The highest BCUT2D eigenvalue weighted by molar-refractivity contribution is 5.87. The van der Waals surface area contributed by atoms with Gasteiger partial charge >= 0.3 is 0 Å². The lowest BCUT2D eigenvalue weighted by atomic mass is 10.2. The first-order chi connectivity index (χ1) is 12.2. The number of imidazole rings is 1. The first-order valence-electron chi connectivity index (χ1n) is 8.42. The summed E-state index contributed by atoms with van der Waals surface area (Å²) in [7, 11) is 0. The Labute approximate surface area is 144 Å². The third kappa shape index (κ3) is 2.89. The fourth-order valence-electron chi connectivity index (χ4n) is 3.34. The van der Waals surface area contributed by atoms with Gasteiger partial charge in [-0.1, -0.05) is 0 Å². The Morgan fingerprint density at radius 3 is 3.00 bits per heavy atom. The number of ether oxygens (including phenoxy) is 1. The Morgan fingerprint density at radius 2 is 2.28 bits per heavy atom. The molecule has 4 rings (SSSR count). The summed E-state index contributed by atoms with van der Waals surface area (Å²) in [6, 6.07) is 7.34. The van der Waals surface area contributed by atoms with Crippen molar-refractivity contribution in [1.82, 2.24) is 14.5 Å². The quantitative estimate of drug-likeness (QED) is 0.743. The Morgan fingerprint density at radius 1 is 1.40 bits per heavy atom. The molecule has 3 heterocycles. The van der Waals surface area contributed by atoms with Crippen LogP contribution in [-0.4, -0.2) is 33.5 Å². The molecule has 0 saturated carbocycles. The van der Waals surface area contributed by atoms with E-state index in [1.165, 1.54) is 0 Å². The minimum Gasteiger partial charge on any atom is -0.376 e. The molecule has 6 nitrogen and oxygen atoms in total. The summed E-state index contributed by atoms with van der Waals surface area (Å²) in [5.41, 5.74) is 3.70. The van der Waals surface area contributed by atoms with E-state index in [-0.39, 0.29) is 11.7 Å². The summed E-state index contributed by atoms with van der Waals surface area (Å²) in [6.07, 6.45) is 4.76. The van der Waals surface area contributed by atoms with Crippen LogP contribution < -0.4 is 5.56 Å². The predicted octanol–water partition coefficient (Wildman–Crippen LogP) is 2.69. The number of nitrogens with one attached hydrogen (secondary N) is 1. The lowest BCUT2D eigenvalue weighted by Crippen LogP contribution is -2.16. The first-order valence-corrected chi connectivity index (χ1v) is 8.42. The number of hydrogen-bond acceptors (Lipinski definition) is 4. The highest BCUT2D eigenvalue weighted by atomic mass is 16.5. The predicted molar refractivity (Wildman–Crippen MR) is 94.9 cm³/mol. The fourth-order valence-corrected chi connectivity index (χ4v) is 3.34. The number of nitrogens with zero attached hydrogens (tertiary/aromatic N) is 2. The minimum atomic E-state index is -0.103. The molecule has 0 aliphatic carbocycles. The van der Waals surface area contributed by atoms with Crippen LogP contribution in [0.4, 0.5) is 0 Å². The summed E-state index contributed by atoms with van der Waals surface area (Å²) in [5, 5.41) is 0. The summed E-state index contributed by atoms with van der Waals surface area (Å²) in [5.74, 6) is 0.771. The number of carbonyl (C=O) groups excluding carboxylic acids is 1. The molecule has 0 bridgehead atoms. The van der Waals surface area contributed by atoms with E-state index >= 15 is 0 Å². The van der Waals surface area contributed by atoms with Crippen molar-refractivity contribution in [3.05, 3.63) is 51.9 Å². The van der Waals surface area contributed by atoms with Crippen molar-refractivity contribution in [2.24, 2.45) is 0 Å². The lowest BCUT2D eigenvalue weighted by molar-refractivity contribution is 0.0982. The number of hydrogen-bond donors (Lipinski definition) is 1. The second kappa shape index (κ2) is 6.29. The molecule has 128 valence electrons. The van der Waals surface area contributed by atoms with E-state index in [4.69, 9.17) is 9.72 Å². The molecule has 1 aliphatic heterocycles. The zero-order valence-electron chi connectivity index (χ0n) is 14.0. The van der Waals surface area contributed by atoms with Gasteiger partial charge in [-0.25, -0.2) is 4.98 Å². The van der Waals surface area contributed by atoms with Crippen LogP contribution in [0.3, 0.4) is 0 Å². The number of aldehydes is 1. The third-order valence-corrected chi connectivity index (χ3v) is 4.67. The second-order valence-corrected chi connectivity index (χ2v) is 6.45. The van der Waals surface area contributed by atoms with Crippen LogP contribution in [0.2, 0.25) is 0 Å². The van der Waals surface area contributed by atoms with Crippen LogP contribution in [0, 0.1) is 6.92 Å². The van der Waals surface area contributed by atoms with Crippen LogP contribution in [-0.2, 0) is 11.3 Å². The number of H-pyrrole nitrogens is 1. The minimum absolute atomic E-state index is 0.103. The molecular weight excluding hydrogens is 318 g/mol. The second-order valence-electron chi connectivity index (χ2n) is 6.45. The summed E-state index contributed by atoms with van der Waals surface area (Å²) in [4.78, 5) is 30.2. The highest BCUT2D eigenvalue weighted by Gasteiger charge is 2.21. The molecular formula is C19H19N3O3. The molecule has 1 aromatic carbocycles. The van der Waals surface area contributed by atoms with Crippen molar-refractivity contribution in [1.29, 1.82) is 0 Å². The molecule has 6 heteroatoms. The van der Waals surface area contributed by atoms with Gasteiger partial charge in [0.15, 0.2) is 0 Å². The average molecular weight is 337 g/mol. The van der Waals surface area contributed by atoms with Crippen LogP contribution >= 0.6 is 0 Å². The molecule has 3 aromatic rings. The maximum absolute atomic E-state index is 11.7. The van der Waals surface area contributed by atoms with E-state index in [1.807, 2.05) is 12.1 Å². The van der Waals surface area contributed by atoms with E-state index in [2.05, 4.69) is 9.55 Å². The van der Waals surface area contributed by atoms with Gasteiger partial charge in [-0.05, 0) is 44.0 Å². The van der Waals surface area contributed by atoms with Crippen molar-refractivity contribution < 1.29 is 9.53 Å². The molecule has 1 fully saturated rings. The van der Waals surface area contributed by atoms with Gasteiger partial charge in [-0.3, -0.25) is 9.59 Å². The molecule has 0 unspecified atom stereocenters. The molecule has 25 heavy (non-hydrogen) atoms. The van der Waals surface area contributed by atoms with E-state index in [9.17, 15) is 9.59 Å². The third-order valence-electron chi connectivity index (χ3n) is 4.67. The van der Waals surface area contributed by atoms with Crippen molar-refractivity contribution in [3.63, 3.8) is 0 Å². The number of aromatic amines is 1. The Kier molecular flexibility index (Phi) is 3.97. The molecule has 1 atom stereocenters. The molecule has 1 saturated heterocycles. The van der Waals surface area contributed by atoms with Crippen LogP contribution in [0.25, 0.3) is 22.4 Å². The number of fused-ring (bicyclic) bond motifs is 1. The van der Waals surface area contributed by atoms with Gasteiger partial charge in [0, 0.05) is 29.5 Å². The molecule has 1 aliphatic rings. The fraction of sp³-hybridized carbons (Fsp3) is 0.316. The standard InChI is InChI=1S/C19H19N3O3/c1-12-7-14(9-20-19(12)24)18-21-16-8-13(11-23)4-5-17(16)22(18)10-15-3-2-6-25-15/h4-5,7-9,11,15H,2-3,6,10H2,1H3,(H,20,24)/t15-/m1/s1. The molecule has 1 N–H and O–H groups in total. The average Bonchev–Trinajstić information content (AvgIpc) is 3.25. The Hall–Kier alpha value is -2.73. The number of benzene rings is 1. The largest absolute Gasteiger partial charge is 0.376 e. The van der Waals surface area contributed by atoms with Crippen molar-refractivity contribution in [2.45, 2.75) is 32.4 Å². The summed E-state index contributed by atoms with van der Waals surface area (Å²) in [6.45, 7) is 3.27. The Balaban J connectivity index is 1.89. The smallest absolute Gasteiger partial charge is 0.250 e. The van der Waals surface area contributed by atoms with Crippen LogP contribution in [0.5, 0.6) is 0 Å². The maximum Gasteiger partial charge on any atom is 0.250 e. The van der Waals surface area contributed by atoms with E-state index in [1.54, 1.807) is 25.3 Å². The van der Waals surface area contributed by atoms with Gasteiger partial charge in [0.05, 0.1) is 23.7 Å². The van der Waals surface area contributed by atoms with Gasteiger partial charge in [0.25, 0.3) is 5.56 Å². The van der Waals surface area contributed by atoms with E-state index in [0.29, 0.717) is 17.7 Å². The topological polar surface area (TPSA) is 77.0 Å². The number of aromatic nitrogens is 3. The SMILES string of the molecule is Cc1cc(-c2nc3cc(C=O)ccc3n2C[C@H]2CCCO2)c[nH]c1=O. The van der Waals surface area contributed by atoms with Crippen molar-refractivity contribution in [2.75, 3.05) is 6.61 Å². The van der Waals surface area contributed by atoms with Gasteiger partial charge < -0.3 is 14.3 Å². The van der Waals surface area contributed by atoms with Gasteiger partial charge in [0.2, 0.25) is 0 Å². The van der Waals surface area contributed by atoms with E-state index < -0.39 is 0 Å². The summed E-state index contributed by atoms with van der Waals surface area (Å²) < 4.78 is 7.91. The van der Waals surface area contributed by atoms with Gasteiger partial charge in [-0.2, -0.15) is 0 Å². The molecule has 0 amide bonds. The van der Waals surface area contributed by atoms with Crippen molar-refractivity contribution in [3.8, 4) is 11.4 Å². The zero-order valence-corrected chi connectivity index (χ0v) is 14.0. The summed E-state index contributed by atoms with van der Waals surface area (Å²) >= 11 is 0. The lowest BCUT2D eigenvalue weighted by Gasteiger charge is -2.14. The molecule has 2 aromatic heterocycles. The highest BCUT2D eigenvalue weighted by Crippen LogP contribution is 2.27. The normalized spacial score (nSPS) is 17.2. The Bertz CT molecular complexity index is 997. The first kappa shape index (κ1) is 15.8. The van der Waals surface area contributed by atoms with Crippen molar-refractivity contribution >= 4 is 17.3 Å².